The summed E-state index contributed by atoms with van der Waals surface area (Å²) in [6.07, 6.45) is 8.54. The molecule has 2 aliphatic rings. The van der Waals surface area contributed by atoms with Gasteiger partial charge in [-0.3, -0.25) is 0 Å². The van der Waals surface area contributed by atoms with Gasteiger partial charge in [-0.05, 0) is 104 Å². The molecule has 0 aliphatic carbocycles. The van der Waals surface area contributed by atoms with E-state index >= 15 is 0 Å². The number of phenols is 1. The Morgan fingerprint density at radius 1 is 0.404 bits per heavy atom. The van der Waals surface area contributed by atoms with Gasteiger partial charge in [0.05, 0.1) is 22.8 Å². The van der Waals surface area contributed by atoms with Crippen LogP contribution in [0.2, 0.25) is 0 Å². The summed E-state index contributed by atoms with van der Waals surface area (Å²) in [7, 11) is 0. The molecule has 5 heterocycles. The lowest BCUT2D eigenvalue weighted by molar-refractivity contribution is 0.475. The third-order valence-corrected chi connectivity index (χ3v) is 10.9. The first-order chi connectivity index (χ1) is 25.4. The number of thiophene rings is 1. The fourth-order valence-corrected chi connectivity index (χ4v) is 8.24. The standard InChI is InChI=1S/C47H35N3OS/c1-28-4-10-31(11-5-28)44-36-20-21-37(48-36)45(32-12-6-29(2)7-13-32)39-23-25-41(50-39)47(34-16-18-35(51)19-17-34)43-27-26-42(52-43)46(40-24-22-38(44)49-40)33-14-8-30(3)9-15-33/h4-27,48,51H,1-3H3. The number of fused-ring (bicyclic) bond motifs is 8. The molecule has 2 N–H and O–H groups in total. The van der Waals surface area contributed by atoms with Crippen molar-refractivity contribution in [2.75, 3.05) is 0 Å². The Labute approximate surface area is 306 Å². The molecule has 0 amide bonds. The third kappa shape index (κ3) is 5.75. The highest BCUT2D eigenvalue weighted by Gasteiger charge is 2.19. The Hall–Kier alpha value is -6.30. The summed E-state index contributed by atoms with van der Waals surface area (Å²) >= 11 is 1.74. The lowest BCUT2D eigenvalue weighted by Crippen LogP contribution is -1.89. The number of H-pyrrole nitrogens is 1. The van der Waals surface area contributed by atoms with Crippen molar-refractivity contribution >= 4 is 56.1 Å². The summed E-state index contributed by atoms with van der Waals surface area (Å²) in [6.45, 7) is 6.34. The zero-order chi connectivity index (χ0) is 35.3. The Kier molecular flexibility index (Phi) is 7.79. The second kappa shape index (κ2) is 12.8. The number of aromatic hydroxyl groups is 1. The van der Waals surface area contributed by atoms with Crippen molar-refractivity contribution in [2.24, 2.45) is 0 Å². The predicted molar refractivity (Wildman–Crippen MR) is 220 cm³/mol. The number of aromatic nitrogens is 3. The molecule has 7 aromatic rings. The van der Waals surface area contributed by atoms with E-state index in [1.807, 2.05) is 12.1 Å². The molecule has 0 radical (unpaired) electrons. The van der Waals surface area contributed by atoms with Gasteiger partial charge in [-0.1, -0.05) is 102 Å². The molecule has 0 fully saturated rings. The fourth-order valence-electron chi connectivity index (χ4n) is 7.08. The van der Waals surface area contributed by atoms with Crippen LogP contribution in [0.25, 0.3) is 89.2 Å². The van der Waals surface area contributed by atoms with Crippen LogP contribution in [0.1, 0.15) is 39.5 Å². The van der Waals surface area contributed by atoms with E-state index in [-0.39, 0.29) is 5.75 Å². The van der Waals surface area contributed by atoms with Crippen molar-refractivity contribution in [1.82, 2.24) is 15.0 Å². The highest BCUT2D eigenvalue weighted by atomic mass is 32.1. The monoisotopic (exact) mass is 689 g/mol. The molecule has 0 saturated heterocycles. The van der Waals surface area contributed by atoms with E-state index in [2.05, 4.69) is 147 Å². The third-order valence-electron chi connectivity index (χ3n) is 9.80. The van der Waals surface area contributed by atoms with Crippen LogP contribution in [0.3, 0.4) is 0 Å². The van der Waals surface area contributed by atoms with Gasteiger partial charge in [-0.25, -0.2) is 9.97 Å². The molecular weight excluding hydrogens is 655 g/mol. The number of phenolic OH excluding ortho intramolecular Hbond substituents is 1. The molecule has 0 atom stereocenters. The molecule has 0 saturated carbocycles. The zero-order valence-electron chi connectivity index (χ0n) is 29.1. The fraction of sp³-hybridized carbons (Fsp3) is 0.0638. The molecule has 52 heavy (non-hydrogen) atoms. The molecule has 0 unspecified atom stereocenters. The van der Waals surface area contributed by atoms with Gasteiger partial charge in [0.1, 0.15) is 5.75 Å². The Morgan fingerprint density at radius 3 is 1.12 bits per heavy atom. The first-order valence-corrected chi connectivity index (χ1v) is 18.3. The highest BCUT2D eigenvalue weighted by molar-refractivity contribution is 7.24. The molecule has 250 valence electrons. The maximum atomic E-state index is 10.2. The second-order valence-corrected chi connectivity index (χ2v) is 14.6. The maximum Gasteiger partial charge on any atom is 0.115 e. The van der Waals surface area contributed by atoms with Gasteiger partial charge in [0.15, 0.2) is 0 Å². The molecule has 3 aromatic heterocycles. The highest BCUT2D eigenvalue weighted by Crippen LogP contribution is 2.41. The number of aryl methyl sites for hydroxylation is 3. The molecular formula is C47H35N3OS. The summed E-state index contributed by atoms with van der Waals surface area (Å²) in [4.78, 5) is 14.6. The summed E-state index contributed by atoms with van der Waals surface area (Å²) in [5.41, 5.74) is 17.6. The van der Waals surface area contributed by atoms with Crippen molar-refractivity contribution < 1.29 is 5.11 Å². The van der Waals surface area contributed by atoms with Crippen LogP contribution in [0.4, 0.5) is 0 Å². The van der Waals surface area contributed by atoms with Gasteiger partial charge in [-0.2, -0.15) is 0 Å². The number of nitrogens with one attached hydrogen (secondary N) is 1. The van der Waals surface area contributed by atoms with Crippen LogP contribution in [-0.2, 0) is 0 Å². The average Bonchev–Trinajstić information content (AvgIpc) is 3.99. The van der Waals surface area contributed by atoms with E-state index in [9.17, 15) is 5.11 Å². The lowest BCUT2D eigenvalue weighted by atomic mass is 10.0. The largest absolute Gasteiger partial charge is 0.508 e. The van der Waals surface area contributed by atoms with Crippen LogP contribution < -0.4 is 0 Å². The van der Waals surface area contributed by atoms with Gasteiger partial charge in [0.25, 0.3) is 0 Å². The molecule has 2 aliphatic heterocycles. The van der Waals surface area contributed by atoms with Crippen molar-refractivity contribution in [3.05, 3.63) is 161 Å². The summed E-state index contributed by atoms with van der Waals surface area (Å²) in [5.74, 6) is 0.230. The van der Waals surface area contributed by atoms with Crippen LogP contribution in [0, 0.1) is 20.8 Å². The van der Waals surface area contributed by atoms with Gasteiger partial charge in [0.2, 0.25) is 0 Å². The van der Waals surface area contributed by atoms with Crippen molar-refractivity contribution in [3.63, 3.8) is 0 Å². The van der Waals surface area contributed by atoms with Crippen LogP contribution in [-0.4, -0.2) is 20.1 Å². The molecule has 5 heteroatoms. The zero-order valence-corrected chi connectivity index (χ0v) is 29.9. The topological polar surface area (TPSA) is 61.8 Å². The van der Waals surface area contributed by atoms with E-state index in [1.165, 1.54) is 16.7 Å². The Morgan fingerprint density at radius 2 is 0.731 bits per heavy atom. The maximum absolute atomic E-state index is 10.2. The number of hydrogen-bond acceptors (Lipinski definition) is 4. The predicted octanol–water partition coefficient (Wildman–Crippen LogP) is 12.7. The van der Waals surface area contributed by atoms with Crippen LogP contribution in [0.5, 0.6) is 5.75 Å². The van der Waals surface area contributed by atoms with Crippen LogP contribution >= 0.6 is 11.3 Å². The molecule has 4 aromatic carbocycles. The SMILES string of the molecule is Cc1ccc(-c2c3nc(c(-c4ccc(C)cc4)c4ccc(s4)c(-c4ccc(O)cc4)c4nc(c(-c5ccc(C)cc5)c5ccc2[nH]5)C=C4)C=C3)cc1. The van der Waals surface area contributed by atoms with Gasteiger partial charge in [-0.15, -0.1) is 11.3 Å². The summed E-state index contributed by atoms with van der Waals surface area (Å²) in [5, 5.41) is 10.2. The number of aromatic amines is 1. The minimum absolute atomic E-state index is 0.230. The number of rotatable bonds is 4. The number of nitrogens with zero attached hydrogens (tertiary/aromatic N) is 2. The first kappa shape index (κ1) is 31.7. The van der Waals surface area contributed by atoms with Crippen molar-refractivity contribution in [1.29, 1.82) is 0 Å². The van der Waals surface area contributed by atoms with Gasteiger partial charge in [0, 0.05) is 42.7 Å². The summed E-state index contributed by atoms with van der Waals surface area (Å²) in [6, 6.07) is 42.2. The van der Waals surface area contributed by atoms with Crippen molar-refractivity contribution in [2.45, 2.75) is 20.8 Å². The Bertz CT molecular complexity index is 2360. The molecule has 0 spiro atoms. The minimum atomic E-state index is 0.230. The van der Waals surface area contributed by atoms with Gasteiger partial charge < -0.3 is 10.1 Å². The van der Waals surface area contributed by atoms with E-state index in [1.54, 1.807) is 23.5 Å². The van der Waals surface area contributed by atoms with E-state index in [4.69, 9.17) is 9.97 Å². The average molecular weight is 690 g/mol. The van der Waals surface area contributed by atoms with E-state index < -0.39 is 0 Å². The number of benzene rings is 4. The van der Waals surface area contributed by atoms with E-state index in [0.717, 1.165) is 87.7 Å². The lowest BCUT2D eigenvalue weighted by Gasteiger charge is -2.07. The minimum Gasteiger partial charge on any atom is -0.508 e. The first-order valence-electron chi connectivity index (χ1n) is 17.5. The molecule has 4 nitrogen and oxygen atoms in total. The van der Waals surface area contributed by atoms with Crippen molar-refractivity contribution in [3.8, 4) is 50.3 Å². The van der Waals surface area contributed by atoms with Crippen LogP contribution in [0.15, 0.2) is 121 Å². The summed E-state index contributed by atoms with van der Waals surface area (Å²) < 4.78 is 2.20. The normalized spacial score (nSPS) is 12.1. The second-order valence-electron chi connectivity index (χ2n) is 13.5. The molecule has 9 rings (SSSR count). The Balaban J connectivity index is 1.47. The molecule has 8 bridgehead atoms. The number of hydrogen-bond donors (Lipinski definition) is 2. The quantitative estimate of drug-likeness (QED) is 0.193. The van der Waals surface area contributed by atoms with Gasteiger partial charge >= 0.3 is 0 Å². The smallest absolute Gasteiger partial charge is 0.115 e. The van der Waals surface area contributed by atoms with E-state index in [0.29, 0.717) is 0 Å².